The first-order chi connectivity index (χ1) is 10.5. The maximum atomic E-state index is 10.9. The van der Waals surface area contributed by atoms with Crippen molar-refractivity contribution in [3.63, 3.8) is 0 Å². The Morgan fingerprint density at radius 2 is 2.09 bits per heavy atom. The lowest BCUT2D eigenvalue weighted by Gasteiger charge is -2.32. The third-order valence-corrected chi connectivity index (χ3v) is 4.80. The van der Waals surface area contributed by atoms with E-state index in [0.29, 0.717) is 11.2 Å². The minimum absolute atomic E-state index is 0.0107. The number of non-ortho nitro benzene ring substituents is 1. The summed E-state index contributed by atoms with van der Waals surface area (Å²) in [5.74, 6) is 0. The summed E-state index contributed by atoms with van der Waals surface area (Å²) in [7, 11) is 1.93. The Balaban J connectivity index is 2.01. The summed E-state index contributed by atoms with van der Waals surface area (Å²) in [6.45, 7) is 2.01. The highest BCUT2D eigenvalue weighted by Crippen LogP contribution is 2.24. The number of rotatable bonds is 4. The topological polar surface area (TPSA) is 58.4 Å². The fraction of sp³-hybridized carbons (Fsp3) is 0.562. The van der Waals surface area contributed by atoms with E-state index in [0.717, 1.165) is 5.56 Å². The average Bonchev–Trinajstić information content (AvgIpc) is 2.54. The van der Waals surface area contributed by atoms with Gasteiger partial charge in [0.25, 0.3) is 5.69 Å². The summed E-state index contributed by atoms with van der Waals surface area (Å²) in [6, 6.07) is 7.19. The van der Waals surface area contributed by atoms with Gasteiger partial charge in [0.1, 0.15) is 0 Å². The molecule has 0 saturated heterocycles. The molecule has 0 aromatic heterocycles. The van der Waals surface area contributed by atoms with Gasteiger partial charge in [-0.25, -0.2) is 0 Å². The molecule has 2 rings (SSSR count). The van der Waals surface area contributed by atoms with Crippen molar-refractivity contribution in [2.45, 2.75) is 51.1 Å². The maximum absolute atomic E-state index is 10.9. The van der Waals surface area contributed by atoms with Crippen molar-refractivity contribution in [1.29, 1.82) is 0 Å². The van der Waals surface area contributed by atoms with Crippen LogP contribution >= 0.6 is 12.2 Å². The summed E-state index contributed by atoms with van der Waals surface area (Å²) >= 11 is 5.50. The number of thiocarbonyl (C=S) groups is 1. The minimum atomic E-state index is -0.366. The van der Waals surface area contributed by atoms with Crippen molar-refractivity contribution in [3.8, 4) is 0 Å². The summed E-state index contributed by atoms with van der Waals surface area (Å²) in [4.78, 5) is 12.5. The number of nitrogens with zero attached hydrogens (tertiary/aromatic N) is 2. The lowest BCUT2D eigenvalue weighted by molar-refractivity contribution is -0.384. The predicted octanol–water partition coefficient (Wildman–Crippen LogP) is 3.79. The minimum Gasteiger partial charge on any atom is -0.360 e. The molecule has 1 fully saturated rings. The van der Waals surface area contributed by atoms with Gasteiger partial charge in [-0.2, -0.15) is 0 Å². The van der Waals surface area contributed by atoms with Crippen LogP contribution < -0.4 is 5.32 Å². The third kappa shape index (κ3) is 4.16. The second-order valence-electron chi connectivity index (χ2n) is 5.92. The molecule has 0 heterocycles. The molecular formula is C16H23N3O2S. The monoisotopic (exact) mass is 321 g/mol. The van der Waals surface area contributed by atoms with E-state index in [9.17, 15) is 10.1 Å². The highest BCUT2D eigenvalue weighted by atomic mass is 32.1. The summed E-state index contributed by atoms with van der Waals surface area (Å²) < 4.78 is 0. The summed E-state index contributed by atoms with van der Waals surface area (Å²) in [5, 5.41) is 15.0. The number of nitro groups is 1. The quantitative estimate of drug-likeness (QED) is 0.519. The van der Waals surface area contributed by atoms with Gasteiger partial charge in [-0.1, -0.05) is 31.4 Å². The number of nitrogens with one attached hydrogen (secondary N) is 1. The summed E-state index contributed by atoms with van der Waals surface area (Å²) in [5.41, 5.74) is 1.01. The van der Waals surface area contributed by atoms with Crippen molar-refractivity contribution >= 4 is 23.0 Å². The zero-order chi connectivity index (χ0) is 16.1. The van der Waals surface area contributed by atoms with Gasteiger partial charge in [0.15, 0.2) is 5.11 Å². The van der Waals surface area contributed by atoms with E-state index in [1.807, 2.05) is 24.9 Å². The molecule has 1 atom stereocenters. The van der Waals surface area contributed by atoms with E-state index in [2.05, 4.69) is 5.32 Å². The molecular weight excluding hydrogens is 298 g/mol. The van der Waals surface area contributed by atoms with Gasteiger partial charge < -0.3 is 10.2 Å². The van der Waals surface area contributed by atoms with Crippen LogP contribution in [0.1, 0.15) is 50.6 Å². The van der Waals surface area contributed by atoms with E-state index in [4.69, 9.17) is 12.2 Å². The fourth-order valence-corrected chi connectivity index (χ4v) is 3.15. The lowest BCUT2D eigenvalue weighted by Crippen LogP contribution is -2.44. The van der Waals surface area contributed by atoms with Gasteiger partial charge in [-0.3, -0.25) is 10.1 Å². The number of hydrogen-bond acceptors (Lipinski definition) is 3. The van der Waals surface area contributed by atoms with Crippen LogP contribution in [0, 0.1) is 10.1 Å². The molecule has 0 aliphatic heterocycles. The van der Waals surface area contributed by atoms with Crippen LogP contribution in [0.4, 0.5) is 5.69 Å². The van der Waals surface area contributed by atoms with Crippen molar-refractivity contribution in [2.24, 2.45) is 0 Å². The first kappa shape index (κ1) is 16.7. The van der Waals surface area contributed by atoms with Crippen LogP contribution in [0.3, 0.4) is 0 Å². The van der Waals surface area contributed by atoms with E-state index >= 15 is 0 Å². The van der Waals surface area contributed by atoms with Gasteiger partial charge >= 0.3 is 0 Å². The van der Waals surface area contributed by atoms with Crippen molar-refractivity contribution in [2.75, 3.05) is 7.05 Å². The molecule has 1 N–H and O–H groups in total. The maximum Gasteiger partial charge on any atom is 0.269 e. The molecule has 0 spiro atoms. The van der Waals surface area contributed by atoms with Crippen molar-refractivity contribution in [1.82, 2.24) is 10.2 Å². The standard InChI is InChI=1S/C16H23N3O2S/c1-12(13-7-6-10-15(11-13)19(20)21)18(2)16(22)17-14-8-4-3-5-9-14/h6-7,10-12,14H,3-5,8-9H2,1-2H3,(H,17,22)/t12-/m0/s1. The van der Waals surface area contributed by atoms with E-state index in [-0.39, 0.29) is 16.7 Å². The molecule has 1 aliphatic rings. The molecule has 0 bridgehead atoms. The molecule has 1 aliphatic carbocycles. The zero-order valence-corrected chi connectivity index (χ0v) is 13.9. The Morgan fingerprint density at radius 3 is 2.73 bits per heavy atom. The fourth-order valence-electron chi connectivity index (χ4n) is 2.82. The Bertz CT molecular complexity index is 544. The molecule has 0 unspecified atom stereocenters. The van der Waals surface area contributed by atoms with Gasteiger partial charge in [-0.15, -0.1) is 0 Å². The van der Waals surface area contributed by atoms with Crippen LogP contribution in [0.2, 0.25) is 0 Å². The zero-order valence-electron chi connectivity index (χ0n) is 13.1. The van der Waals surface area contributed by atoms with Crippen LogP contribution in [-0.4, -0.2) is 28.0 Å². The smallest absolute Gasteiger partial charge is 0.269 e. The molecule has 120 valence electrons. The van der Waals surface area contributed by atoms with E-state index < -0.39 is 0 Å². The molecule has 0 amide bonds. The van der Waals surface area contributed by atoms with Crippen LogP contribution in [0.25, 0.3) is 0 Å². The van der Waals surface area contributed by atoms with Crippen LogP contribution in [0.15, 0.2) is 24.3 Å². The average molecular weight is 321 g/mol. The normalized spacial score (nSPS) is 16.8. The third-order valence-electron chi connectivity index (χ3n) is 4.40. The molecule has 1 aromatic carbocycles. The molecule has 1 aromatic rings. The summed E-state index contributed by atoms with van der Waals surface area (Å²) in [6.07, 6.45) is 6.15. The van der Waals surface area contributed by atoms with Gasteiger partial charge in [0.2, 0.25) is 0 Å². The predicted molar refractivity (Wildman–Crippen MR) is 91.9 cm³/mol. The van der Waals surface area contributed by atoms with Gasteiger partial charge in [0, 0.05) is 25.2 Å². The van der Waals surface area contributed by atoms with Crippen LogP contribution in [0.5, 0.6) is 0 Å². The second-order valence-corrected chi connectivity index (χ2v) is 6.31. The molecule has 0 radical (unpaired) electrons. The Kier molecular flexibility index (Phi) is 5.71. The van der Waals surface area contributed by atoms with Crippen molar-refractivity contribution in [3.05, 3.63) is 39.9 Å². The SMILES string of the molecule is C[C@@H](c1cccc([N+](=O)[O-])c1)N(C)C(=S)NC1CCCCC1. The highest BCUT2D eigenvalue weighted by molar-refractivity contribution is 7.80. The highest BCUT2D eigenvalue weighted by Gasteiger charge is 2.20. The molecule has 1 saturated carbocycles. The van der Waals surface area contributed by atoms with Crippen LogP contribution in [-0.2, 0) is 0 Å². The van der Waals surface area contributed by atoms with E-state index in [1.165, 1.54) is 38.2 Å². The Labute approximate surface area is 136 Å². The van der Waals surface area contributed by atoms with Gasteiger partial charge in [-0.05, 0) is 37.5 Å². The molecule has 6 heteroatoms. The lowest BCUT2D eigenvalue weighted by atomic mass is 9.96. The molecule has 5 nitrogen and oxygen atoms in total. The first-order valence-electron chi connectivity index (χ1n) is 7.76. The van der Waals surface area contributed by atoms with Crippen molar-refractivity contribution < 1.29 is 4.92 Å². The first-order valence-corrected chi connectivity index (χ1v) is 8.17. The second kappa shape index (κ2) is 7.54. The Hall–Kier alpha value is -1.69. The Morgan fingerprint density at radius 1 is 1.41 bits per heavy atom. The molecule has 22 heavy (non-hydrogen) atoms. The van der Waals surface area contributed by atoms with Gasteiger partial charge in [0.05, 0.1) is 11.0 Å². The number of hydrogen-bond donors (Lipinski definition) is 1. The number of nitro benzene ring substituents is 1. The number of benzene rings is 1. The van der Waals surface area contributed by atoms with E-state index in [1.54, 1.807) is 12.1 Å². The largest absolute Gasteiger partial charge is 0.360 e.